The van der Waals surface area contributed by atoms with Crippen molar-refractivity contribution in [3.63, 3.8) is 0 Å². The highest BCUT2D eigenvalue weighted by Crippen LogP contribution is 2.42. The molecule has 0 bridgehead atoms. The summed E-state index contributed by atoms with van der Waals surface area (Å²) >= 11 is 0. The molecule has 214 valence electrons. The highest BCUT2D eigenvalue weighted by Gasteiger charge is 2.47. The summed E-state index contributed by atoms with van der Waals surface area (Å²) in [5, 5.41) is 11.5. The maximum Gasteiger partial charge on any atom is 0.300 e. The van der Waals surface area contributed by atoms with E-state index in [0.29, 0.717) is 23.6 Å². The first-order chi connectivity index (χ1) is 19.9. The number of carbonyl (C=O) groups excluding carboxylic acids is 2. The van der Waals surface area contributed by atoms with Crippen LogP contribution in [-0.2, 0) is 9.59 Å². The van der Waals surface area contributed by atoms with Gasteiger partial charge in [0.15, 0.2) is 0 Å². The molecule has 0 aliphatic carbocycles. The largest absolute Gasteiger partial charge is 0.507 e. The number of benzene rings is 3. The topological polar surface area (TPSA) is 73.3 Å². The zero-order valence-corrected chi connectivity index (χ0v) is 24.2. The minimum Gasteiger partial charge on any atom is -0.507 e. The average Bonchev–Trinajstić information content (AvgIpc) is 3.25. The number of aryl methyl sites for hydroxylation is 1. The lowest BCUT2D eigenvalue weighted by atomic mass is 9.94. The molecule has 3 aromatic rings. The number of hydrogen-bond donors (Lipinski definition) is 1. The second-order valence-electron chi connectivity index (χ2n) is 11.0. The maximum absolute atomic E-state index is 13.6. The standard InChI is InChI=1S/C34H39N3O4/c1-4-5-6-22-41-29-16-10-25(11-17-29)32(38)30-31(26-9-7-8-24(2)23-26)37(34(40)33(30)39)28-14-12-27(13-15-28)36-20-18-35(3)19-21-36/h7-17,23,31,38H,4-6,18-22H2,1-3H3/b32-30+. The number of likely N-dealkylation sites (N-methyl/N-ethyl adjacent to an activating group) is 1. The van der Waals surface area contributed by atoms with E-state index >= 15 is 0 Å². The minimum atomic E-state index is -0.755. The van der Waals surface area contributed by atoms with Gasteiger partial charge in [-0.1, -0.05) is 49.6 Å². The van der Waals surface area contributed by atoms with Crippen LogP contribution in [0, 0.1) is 6.92 Å². The fraction of sp³-hybridized carbons (Fsp3) is 0.353. The zero-order chi connectivity index (χ0) is 28.9. The molecule has 2 fully saturated rings. The minimum absolute atomic E-state index is 0.0837. The molecule has 2 heterocycles. The van der Waals surface area contributed by atoms with Crippen LogP contribution in [0.1, 0.15) is 48.9 Å². The van der Waals surface area contributed by atoms with Gasteiger partial charge in [0.1, 0.15) is 11.5 Å². The van der Waals surface area contributed by atoms with E-state index < -0.39 is 17.7 Å². The Labute approximate surface area is 242 Å². The third-order valence-electron chi connectivity index (χ3n) is 7.94. The molecule has 7 nitrogen and oxygen atoms in total. The highest BCUT2D eigenvalue weighted by atomic mass is 16.5. The number of rotatable bonds is 9. The summed E-state index contributed by atoms with van der Waals surface area (Å²) in [4.78, 5) is 33.3. The predicted molar refractivity (Wildman–Crippen MR) is 164 cm³/mol. The molecular formula is C34H39N3O4. The van der Waals surface area contributed by atoms with Crippen LogP contribution in [0.4, 0.5) is 11.4 Å². The molecule has 41 heavy (non-hydrogen) atoms. The summed E-state index contributed by atoms with van der Waals surface area (Å²) in [7, 11) is 2.12. The lowest BCUT2D eigenvalue weighted by Gasteiger charge is -2.34. The Morgan fingerprint density at radius 2 is 1.59 bits per heavy atom. The van der Waals surface area contributed by atoms with E-state index in [1.165, 1.54) is 4.90 Å². The molecule has 0 saturated carbocycles. The molecule has 2 aliphatic heterocycles. The van der Waals surface area contributed by atoms with E-state index in [-0.39, 0.29) is 11.3 Å². The van der Waals surface area contributed by atoms with Crippen LogP contribution in [-0.4, -0.2) is 61.5 Å². The normalized spacial score (nSPS) is 19.1. The van der Waals surface area contributed by atoms with Gasteiger partial charge in [0.25, 0.3) is 11.7 Å². The number of unbranched alkanes of at least 4 members (excludes halogenated alkanes) is 2. The summed E-state index contributed by atoms with van der Waals surface area (Å²) in [6.07, 6.45) is 3.21. The molecule has 3 aromatic carbocycles. The van der Waals surface area contributed by atoms with Crippen LogP contribution >= 0.6 is 0 Å². The molecule has 0 aromatic heterocycles. The Morgan fingerprint density at radius 3 is 2.24 bits per heavy atom. The van der Waals surface area contributed by atoms with Crippen molar-refractivity contribution in [3.05, 3.63) is 95.1 Å². The van der Waals surface area contributed by atoms with E-state index in [4.69, 9.17) is 4.74 Å². The van der Waals surface area contributed by atoms with E-state index in [1.807, 2.05) is 55.5 Å². The Morgan fingerprint density at radius 1 is 0.902 bits per heavy atom. The molecule has 2 saturated heterocycles. The monoisotopic (exact) mass is 553 g/mol. The van der Waals surface area contributed by atoms with E-state index in [1.54, 1.807) is 24.3 Å². The molecule has 2 aliphatic rings. The lowest BCUT2D eigenvalue weighted by molar-refractivity contribution is -0.132. The number of carbonyl (C=O) groups is 2. The van der Waals surface area contributed by atoms with Crippen molar-refractivity contribution in [1.29, 1.82) is 0 Å². The van der Waals surface area contributed by atoms with Gasteiger partial charge < -0.3 is 19.6 Å². The first kappa shape index (κ1) is 28.4. The average molecular weight is 554 g/mol. The van der Waals surface area contributed by atoms with Crippen LogP contribution in [0.5, 0.6) is 5.75 Å². The second-order valence-corrected chi connectivity index (χ2v) is 11.0. The Bertz CT molecular complexity index is 1410. The Kier molecular flexibility index (Phi) is 8.74. The van der Waals surface area contributed by atoms with E-state index in [9.17, 15) is 14.7 Å². The number of aliphatic hydroxyl groups is 1. The van der Waals surface area contributed by atoms with Crippen molar-refractivity contribution in [1.82, 2.24) is 4.90 Å². The van der Waals surface area contributed by atoms with Crippen LogP contribution in [0.25, 0.3) is 5.76 Å². The van der Waals surface area contributed by atoms with E-state index in [2.05, 4.69) is 23.8 Å². The molecule has 5 rings (SSSR count). The van der Waals surface area contributed by atoms with Gasteiger partial charge in [0.2, 0.25) is 0 Å². The number of aliphatic hydroxyl groups excluding tert-OH is 1. The van der Waals surface area contributed by atoms with Crippen molar-refractivity contribution in [2.45, 2.75) is 39.2 Å². The highest BCUT2D eigenvalue weighted by molar-refractivity contribution is 6.51. The molecule has 1 atom stereocenters. The van der Waals surface area contributed by atoms with Gasteiger partial charge in [-0.2, -0.15) is 0 Å². The number of amides is 1. The number of nitrogens with zero attached hydrogens (tertiary/aromatic N) is 3. The molecule has 7 heteroatoms. The fourth-order valence-electron chi connectivity index (χ4n) is 5.55. The van der Waals surface area contributed by atoms with Crippen molar-refractivity contribution in [2.75, 3.05) is 49.6 Å². The van der Waals surface area contributed by atoms with Gasteiger partial charge in [0.05, 0.1) is 18.2 Å². The predicted octanol–water partition coefficient (Wildman–Crippen LogP) is 5.94. The number of piperazine rings is 1. The summed E-state index contributed by atoms with van der Waals surface area (Å²) in [6, 6.07) is 21.8. The van der Waals surface area contributed by atoms with Gasteiger partial charge in [-0.3, -0.25) is 14.5 Å². The van der Waals surface area contributed by atoms with Crippen LogP contribution in [0.3, 0.4) is 0 Å². The van der Waals surface area contributed by atoms with Crippen molar-refractivity contribution < 1.29 is 19.4 Å². The summed E-state index contributed by atoms with van der Waals surface area (Å²) in [5.74, 6) is -0.837. The molecule has 1 N–H and O–H groups in total. The lowest BCUT2D eigenvalue weighted by Crippen LogP contribution is -2.44. The quantitative estimate of drug-likeness (QED) is 0.153. The first-order valence-corrected chi connectivity index (χ1v) is 14.5. The summed E-state index contributed by atoms with van der Waals surface area (Å²) < 4.78 is 5.81. The summed E-state index contributed by atoms with van der Waals surface area (Å²) in [5.41, 5.74) is 4.02. The molecule has 0 radical (unpaired) electrons. The van der Waals surface area contributed by atoms with Crippen molar-refractivity contribution >= 4 is 28.8 Å². The van der Waals surface area contributed by atoms with Gasteiger partial charge in [0, 0.05) is 43.1 Å². The van der Waals surface area contributed by atoms with Gasteiger partial charge in [-0.05, 0) is 74.5 Å². The fourth-order valence-corrected chi connectivity index (χ4v) is 5.55. The number of anilines is 2. The van der Waals surface area contributed by atoms with E-state index in [0.717, 1.165) is 62.3 Å². The number of ether oxygens (including phenoxy) is 1. The molecule has 0 spiro atoms. The molecule has 1 unspecified atom stereocenters. The summed E-state index contributed by atoms with van der Waals surface area (Å²) in [6.45, 7) is 8.61. The number of ketones is 1. The zero-order valence-electron chi connectivity index (χ0n) is 24.2. The van der Waals surface area contributed by atoms with Gasteiger partial charge in [-0.25, -0.2) is 0 Å². The number of hydrogen-bond acceptors (Lipinski definition) is 6. The Hall–Kier alpha value is -4.10. The second kappa shape index (κ2) is 12.6. The Balaban J connectivity index is 1.49. The smallest absolute Gasteiger partial charge is 0.300 e. The van der Waals surface area contributed by atoms with Crippen LogP contribution in [0.2, 0.25) is 0 Å². The first-order valence-electron chi connectivity index (χ1n) is 14.5. The number of Topliss-reactive ketones (excluding diaryl/α,β-unsaturated/α-hetero) is 1. The third kappa shape index (κ3) is 6.15. The maximum atomic E-state index is 13.6. The van der Waals surface area contributed by atoms with Crippen LogP contribution < -0.4 is 14.5 Å². The van der Waals surface area contributed by atoms with Crippen molar-refractivity contribution in [2.24, 2.45) is 0 Å². The SMILES string of the molecule is CCCCCOc1ccc(/C(O)=C2\C(=O)C(=O)N(c3ccc(N4CCN(C)CC4)cc3)C2c2cccc(C)c2)cc1. The van der Waals surface area contributed by atoms with Gasteiger partial charge >= 0.3 is 0 Å². The molecule has 1 amide bonds. The molecular weight excluding hydrogens is 514 g/mol. The van der Waals surface area contributed by atoms with Crippen LogP contribution in [0.15, 0.2) is 78.4 Å². The van der Waals surface area contributed by atoms with Gasteiger partial charge in [-0.15, -0.1) is 0 Å². The van der Waals surface area contributed by atoms with Crippen molar-refractivity contribution in [3.8, 4) is 5.75 Å². The third-order valence-corrected chi connectivity index (χ3v) is 7.94.